The zero-order chi connectivity index (χ0) is 13.3. The number of aliphatic hydroxyl groups is 1. The van der Waals surface area contributed by atoms with Gasteiger partial charge in [0.15, 0.2) is 0 Å². The summed E-state index contributed by atoms with van der Waals surface area (Å²) in [4.78, 5) is 4.61. The van der Waals surface area contributed by atoms with Crippen molar-refractivity contribution in [2.45, 2.75) is 37.4 Å². The molecule has 3 rings (SSSR count). The maximum absolute atomic E-state index is 10.4. The predicted molar refractivity (Wildman–Crippen MR) is 75.0 cm³/mol. The van der Waals surface area contributed by atoms with E-state index in [1.807, 2.05) is 30.3 Å². The molecule has 100 valence electrons. The number of para-hydroxylation sites is 1. The van der Waals surface area contributed by atoms with Crippen molar-refractivity contribution in [2.75, 3.05) is 7.11 Å². The van der Waals surface area contributed by atoms with E-state index in [4.69, 9.17) is 4.74 Å². The summed E-state index contributed by atoms with van der Waals surface area (Å²) >= 11 is 0. The monoisotopic (exact) mass is 257 g/mol. The molecule has 1 heterocycles. The van der Waals surface area contributed by atoms with Gasteiger partial charge in [0.05, 0.1) is 17.2 Å². The molecule has 1 unspecified atom stereocenters. The summed E-state index contributed by atoms with van der Waals surface area (Å²) in [6, 6.07) is 12.1. The van der Waals surface area contributed by atoms with Crippen molar-refractivity contribution in [2.24, 2.45) is 0 Å². The van der Waals surface area contributed by atoms with Crippen molar-refractivity contribution >= 4 is 10.9 Å². The Morgan fingerprint density at radius 3 is 2.74 bits per heavy atom. The molecule has 1 aromatic carbocycles. The molecule has 1 aromatic heterocycles. The molecule has 0 aliphatic heterocycles. The van der Waals surface area contributed by atoms with E-state index in [2.05, 4.69) is 11.1 Å². The van der Waals surface area contributed by atoms with Gasteiger partial charge in [-0.2, -0.15) is 0 Å². The molecule has 1 N–H and O–H groups in total. The van der Waals surface area contributed by atoms with Gasteiger partial charge in [0.1, 0.15) is 0 Å². The van der Waals surface area contributed by atoms with Gasteiger partial charge in [-0.1, -0.05) is 24.3 Å². The smallest absolute Gasteiger partial charge is 0.0940 e. The van der Waals surface area contributed by atoms with Crippen molar-refractivity contribution < 1.29 is 9.84 Å². The SMILES string of the molecule is COC1(C(O)Cc2ccc3ccccc3n2)CCC1. The Morgan fingerprint density at radius 2 is 2.05 bits per heavy atom. The number of pyridine rings is 1. The topological polar surface area (TPSA) is 42.4 Å². The average molecular weight is 257 g/mol. The van der Waals surface area contributed by atoms with Crippen molar-refractivity contribution in [1.29, 1.82) is 0 Å². The molecule has 3 heteroatoms. The summed E-state index contributed by atoms with van der Waals surface area (Å²) in [5.74, 6) is 0. The summed E-state index contributed by atoms with van der Waals surface area (Å²) < 4.78 is 5.52. The first-order chi connectivity index (χ1) is 9.23. The van der Waals surface area contributed by atoms with Gasteiger partial charge >= 0.3 is 0 Å². The van der Waals surface area contributed by atoms with E-state index in [1.54, 1.807) is 7.11 Å². The number of aliphatic hydroxyl groups excluding tert-OH is 1. The standard InChI is InChI=1S/C16H19NO2/c1-19-16(9-4-10-16)15(18)11-13-8-7-12-5-2-3-6-14(12)17-13/h2-3,5-8,15,18H,4,9-11H2,1H3. The van der Waals surface area contributed by atoms with Gasteiger partial charge in [0, 0.05) is 24.6 Å². The third kappa shape index (κ3) is 2.24. The minimum Gasteiger partial charge on any atom is -0.390 e. The van der Waals surface area contributed by atoms with E-state index >= 15 is 0 Å². The lowest BCUT2D eigenvalue weighted by Crippen LogP contribution is -2.50. The van der Waals surface area contributed by atoms with Crippen molar-refractivity contribution in [3.8, 4) is 0 Å². The molecule has 2 aromatic rings. The quantitative estimate of drug-likeness (QED) is 0.915. The Hall–Kier alpha value is -1.45. The van der Waals surface area contributed by atoms with Gasteiger partial charge in [0.2, 0.25) is 0 Å². The van der Waals surface area contributed by atoms with Crippen LogP contribution >= 0.6 is 0 Å². The Kier molecular flexibility index (Phi) is 3.25. The molecule has 0 amide bonds. The second-order valence-electron chi connectivity index (χ2n) is 5.34. The van der Waals surface area contributed by atoms with Crippen LogP contribution < -0.4 is 0 Å². The molecule has 3 nitrogen and oxygen atoms in total. The number of nitrogens with zero attached hydrogens (tertiary/aromatic N) is 1. The van der Waals surface area contributed by atoms with Crippen LogP contribution in [0.3, 0.4) is 0 Å². The second-order valence-corrected chi connectivity index (χ2v) is 5.34. The summed E-state index contributed by atoms with van der Waals surface area (Å²) in [6.07, 6.45) is 3.10. The minimum absolute atomic E-state index is 0.340. The zero-order valence-corrected chi connectivity index (χ0v) is 11.2. The van der Waals surface area contributed by atoms with Gasteiger partial charge in [0.25, 0.3) is 0 Å². The number of hydrogen-bond donors (Lipinski definition) is 1. The van der Waals surface area contributed by atoms with Crippen LogP contribution in [0.5, 0.6) is 0 Å². The van der Waals surface area contributed by atoms with Crippen LogP contribution in [0.15, 0.2) is 36.4 Å². The van der Waals surface area contributed by atoms with Crippen LogP contribution in [0.1, 0.15) is 25.0 Å². The lowest BCUT2D eigenvalue weighted by Gasteiger charge is -2.44. The summed E-state index contributed by atoms with van der Waals surface area (Å²) in [6.45, 7) is 0. The highest BCUT2D eigenvalue weighted by molar-refractivity contribution is 5.78. The number of fused-ring (bicyclic) bond motifs is 1. The van der Waals surface area contributed by atoms with Crippen molar-refractivity contribution in [1.82, 2.24) is 4.98 Å². The molecule has 0 spiro atoms. The van der Waals surface area contributed by atoms with E-state index in [9.17, 15) is 5.11 Å². The van der Waals surface area contributed by atoms with Gasteiger partial charge in [-0.05, 0) is 31.4 Å². The molecule has 19 heavy (non-hydrogen) atoms. The normalized spacial score (nSPS) is 19.1. The van der Waals surface area contributed by atoms with E-state index in [0.29, 0.717) is 6.42 Å². The fourth-order valence-corrected chi connectivity index (χ4v) is 2.80. The minimum atomic E-state index is -0.472. The van der Waals surface area contributed by atoms with Gasteiger partial charge in [-0.25, -0.2) is 0 Å². The maximum atomic E-state index is 10.4. The fourth-order valence-electron chi connectivity index (χ4n) is 2.80. The first-order valence-corrected chi connectivity index (χ1v) is 6.81. The molecule has 0 saturated heterocycles. The highest BCUT2D eigenvalue weighted by Crippen LogP contribution is 2.39. The van der Waals surface area contributed by atoms with Crippen molar-refractivity contribution in [3.05, 3.63) is 42.1 Å². The number of hydrogen-bond acceptors (Lipinski definition) is 3. The Bertz CT molecular complexity index is 572. The number of methoxy groups -OCH3 is 1. The van der Waals surface area contributed by atoms with Crippen LogP contribution in [-0.2, 0) is 11.2 Å². The Balaban J connectivity index is 1.81. The second kappa shape index (κ2) is 4.91. The van der Waals surface area contributed by atoms with Gasteiger partial charge in [-0.3, -0.25) is 4.98 Å². The molecule has 1 aliphatic carbocycles. The van der Waals surface area contributed by atoms with E-state index in [-0.39, 0.29) is 5.60 Å². The highest BCUT2D eigenvalue weighted by Gasteiger charge is 2.43. The van der Waals surface area contributed by atoms with Gasteiger partial charge < -0.3 is 9.84 Å². The lowest BCUT2D eigenvalue weighted by molar-refractivity contribution is -0.148. The molecular formula is C16H19NO2. The number of benzene rings is 1. The summed E-state index contributed by atoms with van der Waals surface area (Å²) in [7, 11) is 1.69. The zero-order valence-electron chi connectivity index (χ0n) is 11.2. The summed E-state index contributed by atoms with van der Waals surface area (Å²) in [5, 5.41) is 11.5. The maximum Gasteiger partial charge on any atom is 0.0940 e. The third-order valence-electron chi connectivity index (χ3n) is 4.27. The molecule has 0 radical (unpaired) electrons. The third-order valence-corrected chi connectivity index (χ3v) is 4.27. The average Bonchev–Trinajstić information content (AvgIpc) is 2.38. The molecule has 1 aliphatic rings. The van der Waals surface area contributed by atoms with Crippen LogP contribution in [0.2, 0.25) is 0 Å². The number of rotatable bonds is 4. The van der Waals surface area contributed by atoms with Crippen LogP contribution in [-0.4, -0.2) is 28.9 Å². The van der Waals surface area contributed by atoms with E-state index in [1.165, 1.54) is 0 Å². The lowest BCUT2D eigenvalue weighted by atomic mass is 9.74. The highest BCUT2D eigenvalue weighted by atomic mass is 16.5. The Morgan fingerprint density at radius 1 is 1.26 bits per heavy atom. The molecule has 1 fully saturated rings. The van der Waals surface area contributed by atoms with Crippen LogP contribution in [0.25, 0.3) is 10.9 Å². The van der Waals surface area contributed by atoms with E-state index < -0.39 is 6.10 Å². The first-order valence-electron chi connectivity index (χ1n) is 6.81. The fraction of sp³-hybridized carbons (Fsp3) is 0.438. The van der Waals surface area contributed by atoms with E-state index in [0.717, 1.165) is 35.9 Å². The molecule has 1 saturated carbocycles. The van der Waals surface area contributed by atoms with Crippen LogP contribution in [0.4, 0.5) is 0 Å². The molecule has 1 atom stereocenters. The summed E-state index contributed by atoms with van der Waals surface area (Å²) in [5.41, 5.74) is 1.56. The van der Waals surface area contributed by atoms with Crippen molar-refractivity contribution in [3.63, 3.8) is 0 Å². The predicted octanol–water partition coefficient (Wildman–Crippen LogP) is 2.71. The Labute approximate surface area is 113 Å². The van der Waals surface area contributed by atoms with Gasteiger partial charge in [-0.15, -0.1) is 0 Å². The number of ether oxygens (including phenoxy) is 1. The van der Waals surface area contributed by atoms with Crippen LogP contribution in [0, 0.1) is 0 Å². The number of aromatic nitrogens is 1. The molecule has 0 bridgehead atoms. The largest absolute Gasteiger partial charge is 0.390 e. The molecular weight excluding hydrogens is 238 g/mol. The first kappa shape index (κ1) is 12.6.